The van der Waals surface area contributed by atoms with Crippen LogP contribution in [0.25, 0.3) is 0 Å². The number of carbonyl (C=O) groups is 2. The predicted molar refractivity (Wildman–Crippen MR) is 89.5 cm³/mol. The number of halogens is 1. The molecule has 0 aliphatic heterocycles. The van der Waals surface area contributed by atoms with Crippen LogP contribution in [0.4, 0.5) is 0 Å². The zero-order chi connectivity index (χ0) is 16.8. The number of ether oxygens (including phenoxy) is 1. The van der Waals surface area contributed by atoms with Gasteiger partial charge in [0.25, 0.3) is 5.91 Å². The molecule has 0 radical (unpaired) electrons. The van der Waals surface area contributed by atoms with Gasteiger partial charge in [0.2, 0.25) is 0 Å². The van der Waals surface area contributed by atoms with E-state index >= 15 is 0 Å². The van der Waals surface area contributed by atoms with Gasteiger partial charge in [-0.2, -0.15) is 0 Å². The van der Waals surface area contributed by atoms with E-state index in [1.54, 1.807) is 36.4 Å². The topological polar surface area (TPSA) is 55.4 Å². The number of nitrogens with one attached hydrogen (secondary N) is 1. The average Bonchev–Trinajstić information content (AvgIpc) is 2.51. The quantitative estimate of drug-likeness (QED) is 0.854. The Morgan fingerprint density at radius 1 is 1.04 bits per heavy atom. The standard InChI is InChI=1S/C18H18ClNO3/c1-12-7-13(2)9-15(8-12)18(22)20-10-17(21)23-11-14-3-5-16(19)6-4-14/h3-9H,10-11H2,1-2H3,(H,20,22). The number of benzene rings is 2. The van der Waals surface area contributed by atoms with Crippen molar-refractivity contribution in [3.63, 3.8) is 0 Å². The molecule has 0 heterocycles. The van der Waals surface area contributed by atoms with Crippen LogP contribution in [-0.4, -0.2) is 18.4 Å². The number of hydrogen-bond donors (Lipinski definition) is 1. The largest absolute Gasteiger partial charge is 0.460 e. The molecule has 1 amide bonds. The molecule has 2 aromatic rings. The molecule has 2 aromatic carbocycles. The SMILES string of the molecule is Cc1cc(C)cc(C(=O)NCC(=O)OCc2ccc(Cl)cc2)c1. The first-order valence-electron chi connectivity index (χ1n) is 7.20. The van der Waals surface area contributed by atoms with E-state index in [1.807, 2.05) is 19.9 Å². The fourth-order valence-corrected chi connectivity index (χ4v) is 2.28. The van der Waals surface area contributed by atoms with Gasteiger partial charge in [-0.3, -0.25) is 9.59 Å². The Labute approximate surface area is 140 Å². The summed E-state index contributed by atoms with van der Waals surface area (Å²) in [4.78, 5) is 23.7. The van der Waals surface area contributed by atoms with E-state index in [0.29, 0.717) is 10.6 Å². The Balaban J connectivity index is 1.81. The van der Waals surface area contributed by atoms with Crippen LogP contribution in [0.5, 0.6) is 0 Å². The molecular formula is C18H18ClNO3. The third-order valence-corrected chi connectivity index (χ3v) is 3.44. The summed E-state index contributed by atoms with van der Waals surface area (Å²) in [5.41, 5.74) is 3.37. The van der Waals surface area contributed by atoms with Crippen molar-refractivity contribution in [2.75, 3.05) is 6.54 Å². The Morgan fingerprint density at radius 3 is 2.26 bits per heavy atom. The van der Waals surface area contributed by atoms with Gasteiger partial charge in [-0.15, -0.1) is 0 Å². The lowest BCUT2D eigenvalue weighted by Gasteiger charge is -2.08. The molecule has 0 unspecified atom stereocenters. The van der Waals surface area contributed by atoms with Crippen molar-refractivity contribution in [1.29, 1.82) is 0 Å². The van der Waals surface area contributed by atoms with E-state index in [9.17, 15) is 9.59 Å². The van der Waals surface area contributed by atoms with E-state index in [1.165, 1.54) is 0 Å². The summed E-state index contributed by atoms with van der Waals surface area (Å²) in [7, 11) is 0. The van der Waals surface area contributed by atoms with Gasteiger partial charge in [0, 0.05) is 10.6 Å². The van der Waals surface area contributed by atoms with E-state index in [-0.39, 0.29) is 19.1 Å². The molecule has 0 saturated heterocycles. The van der Waals surface area contributed by atoms with Crippen molar-refractivity contribution in [1.82, 2.24) is 5.32 Å². The van der Waals surface area contributed by atoms with Gasteiger partial charge in [-0.25, -0.2) is 0 Å². The third kappa shape index (κ3) is 5.42. The van der Waals surface area contributed by atoms with Crippen molar-refractivity contribution in [3.8, 4) is 0 Å². The first kappa shape index (κ1) is 17.0. The first-order valence-corrected chi connectivity index (χ1v) is 7.58. The van der Waals surface area contributed by atoms with Crippen LogP contribution in [-0.2, 0) is 16.1 Å². The van der Waals surface area contributed by atoms with Crippen molar-refractivity contribution in [3.05, 3.63) is 69.7 Å². The molecule has 4 nitrogen and oxygen atoms in total. The fourth-order valence-electron chi connectivity index (χ4n) is 2.16. The third-order valence-electron chi connectivity index (χ3n) is 3.19. The van der Waals surface area contributed by atoms with Crippen molar-refractivity contribution < 1.29 is 14.3 Å². The van der Waals surface area contributed by atoms with Gasteiger partial charge in [-0.05, 0) is 43.7 Å². The number of esters is 1. The Hall–Kier alpha value is -2.33. The lowest BCUT2D eigenvalue weighted by molar-refractivity contribution is -0.143. The van der Waals surface area contributed by atoms with Crippen LogP contribution >= 0.6 is 11.6 Å². The van der Waals surface area contributed by atoms with Gasteiger partial charge in [0.05, 0.1) is 0 Å². The molecule has 0 spiro atoms. The number of carbonyl (C=O) groups excluding carboxylic acids is 2. The Kier molecular flexibility index (Phi) is 5.77. The van der Waals surface area contributed by atoms with Crippen molar-refractivity contribution in [2.45, 2.75) is 20.5 Å². The summed E-state index contributed by atoms with van der Waals surface area (Å²) in [6.07, 6.45) is 0. The van der Waals surface area contributed by atoms with E-state index in [4.69, 9.17) is 16.3 Å². The summed E-state index contributed by atoms with van der Waals surface area (Å²) in [5, 5.41) is 3.19. The van der Waals surface area contributed by atoms with Gasteiger partial charge < -0.3 is 10.1 Å². The summed E-state index contributed by atoms with van der Waals surface area (Å²) < 4.78 is 5.10. The molecule has 0 aliphatic carbocycles. The van der Waals surface area contributed by atoms with Crippen LogP contribution in [0.3, 0.4) is 0 Å². The number of aryl methyl sites for hydroxylation is 2. The Bertz CT molecular complexity index is 690. The predicted octanol–water partition coefficient (Wildman–Crippen LogP) is 3.43. The summed E-state index contributed by atoms with van der Waals surface area (Å²) in [6, 6.07) is 12.6. The van der Waals surface area contributed by atoms with Crippen LogP contribution in [0.2, 0.25) is 5.02 Å². The molecule has 2 rings (SSSR count). The monoisotopic (exact) mass is 331 g/mol. The minimum absolute atomic E-state index is 0.148. The highest BCUT2D eigenvalue weighted by Crippen LogP contribution is 2.10. The molecule has 0 saturated carbocycles. The van der Waals surface area contributed by atoms with Gasteiger partial charge >= 0.3 is 5.97 Å². The molecule has 0 aliphatic rings. The maximum Gasteiger partial charge on any atom is 0.325 e. The lowest BCUT2D eigenvalue weighted by Crippen LogP contribution is -2.30. The normalized spacial score (nSPS) is 10.2. The highest BCUT2D eigenvalue weighted by Gasteiger charge is 2.10. The lowest BCUT2D eigenvalue weighted by atomic mass is 10.1. The zero-order valence-corrected chi connectivity index (χ0v) is 13.8. The maximum atomic E-state index is 12.0. The van der Waals surface area contributed by atoms with Crippen LogP contribution in [0.15, 0.2) is 42.5 Å². The van der Waals surface area contributed by atoms with Crippen molar-refractivity contribution >= 4 is 23.5 Å². The summed E-state index contributed by atoms with van der Waals surface area (Å²) >= 11 is 5.78. The average molecular weight is 332 g/mol. The maximum absolute atomic E-state index is 12.0. The van der Waals surface area contributed by atoms with Crippen LogP contribution in [0, 0.1) is 13.8 Å². The summed E-state index contributed by atoms with van der Waals surface area (Å²) in [6.45, 7) is 3.82. The van der Waals surface area contributed by atoms with E-state index in [2.05, 4.69) is 5.32 Å². The Morgan fingerprint density at radius 2 is 1.65 bits per heavy atom. The van der Waals surface area contributed by atoms with E-state index in [0.717, 1.165) is 16.7 Å². The van der Waals surface area contributed by atoms with Gasteiger partial charge in [0.15, 0.2) is 0 Å². The molecule has 0 bridgehead atoms. The van der Waals surface area contributed by atoms with Crippen LogP contribution in [0.1, 0.15) is 27.0 Å². The minimum atomic E-state index is -0.488. The number of amides is 1. The number of rotatable bonds is 5. The van der Waals surface area contributed by atoms with Crippen LogP contribution < -0.4 is 5.32 Å². The highest BCUT2D eigenvalue weighted by molar-refractivity contribution is 6.30. The zero-order valence-electron chi connectivity index (χ0n) is 13.1. The molecular weight excluding hydrogens is 314 g/mol. The molecule has 5 heteroatoms. The highest BCUT2D eigenvalue weighted by atomic mass is 35.5. The summed E-state index contributed by atoms with van der Waals surface area (Å²) in [5.74, 6) is -0.780. The second-order valence-electron chi connectivity index (χ2n) is 5.35. The molecule has 120 valence electrons. The molecule has 0 aromatic heterocycles. The molecule has 23 heavy (non-hydrogen) atoms. The smallest absolute Gasteiger partial charge is 0.325 e. The fraction of sp³-hybridized carbons (Fsp3) is 0.222. The van der Waals surface area contributed by atoms with Gasteiger partial charge in [-0.1, -0.05) is 40.9 Å². The first-order chi connectivity index (χ1) is 10.9. The van der Waals surface area contributed by atoms with E-state index < -0.39 is 5.97 Å². The van der Waals surface area contributed by atoms with Gasteiger partial charge in [0.1, 0.15) is 13.2 Å². The second-order valence-corrected chi connectivity index (χ2v) is 5.78. The number of hydrogen-bond acceptors (Lipinski definition) is 3. The molecule has 0 atom stereocenters. The second kappa shape index (κ2) is 7.79. The molecule has 0 fully saturated rings. The molecule has 1 N–H and O–H groups in total. The minimum Gasteiger partial charge on any atom is -0.460 e. The van der Waals surface area contributed by atoms with Crippen molar-refractivity contribution in [2.24, 2.45) is 0 Å².